The van der Waals surface area contributed by atoms with Crippen LogP contribution in [0.25, 0.3) is 5.95 Å². The molecule has 1 fully saturated rings. The maximum atomic E-state index is 13.1. The first-order valence-electron chi connectivity index (χ1n) is 11.5. The summed E-state index contributed by atoms with van der Waals surface area (Å²) in [6, 6.07) is 8.80. The summed E-state index contributed by atoms with van der Waals surface area (Å²) in [5.74, 6) is 1.62. The quantitative estimate of drug-likeness (QED) is 0.579. The number of benzene rings is 1. The Hall–Kier alpha value is -3.95. The highest BCUT2D eigenvalue weighted by atomic mass is 16.5. The lowest BCUT2D eigenvalue weighted by atomic mass is 9.95. The first kappa shape index (κ1) is 24.2. The number of piperidine rings is 1. The number of aromatic nitrogens is 4. The number of ether oxygens (including phenoxy) is 2. The van der Waals surface area contributed by atoms with Crippen molar-refractivity contribution in [3.63, 3.8) is 0 Å². The topological polar surface area (TPSA) is 111 Å². The average Bonchev–Trinajstić information content (AvgIpc) is 3.22. The SMILES string of the molecule is COc1cc(OC)cc(C(=O)N2CCC(C(=O)Nc3cc(C)nn3-c3nc(C)cc(C)n3)CC2)c1. The van der Waals surface area contributed by atoms with Crippen LogP contribution in [-0.2, 0) is 4.79 Å². The fraction of sp³-hybridized carbons (Fsp3) is 0.400. The zero-order valence-corrected chi connectivity index (χ0v) is 20.7. The molecular formula is C25H30N6O4. The maximum Gasteiger partial charge on any atom is 0.254 e. The van der Waals surface area contributed by atoms with Gasteiger partial charge >= 0.3 is 0 Å². The van der Waals surface area contributed by atoms with Crippen molar-refractivity contribution in [2.75, 3.05) is 32.6 Å². The zero-order chi connectivity index (χ0) is 25.1. The van der Waals surface area contributed by atoms with E-state index in [0.717, 1.165) is 17.1 Å². The molecule has 10 heteroatoms. The number of nitrogens with one attached hydrogen (secondary N) is 1. The summed E-state index contributed by atoms with van der Waals surface area (Å²) in [4.78, 5) is 36.8. The smallest absolute Gasteiger partial charge is 0.254 e. The molecule has 10 nitrogen and oxygen atoms in total. The van der Waals surface area contributed by atoms with Gasteiger partial charge in [0.05, 0.1) is 19.9 Å². The predicted octanol–water partition coefficient (Wildman–Crippen LogP) is 3.10. The van der Waals surface area contributed by atoms with Gasteiger partial charge in [-0.25, -0.2) is 9.97 Å². The number of methoxy groups -OCH3 is 2. The van der Waals surface area contributed by atoms with Gasteiger partial charge in [0.25, 0.3) is 11.9 Å². The molecular weight excluding hydrogens is 448 g/mol. The molecule has 3 aromatic rings. The molecule has 0 bridgehead atoms. The molecule has 0 unspecified atom stereocenters. The van der Waals surface area contributed by atoms with Gasteiger partial charge in [0, 0.05) is 48.1 Å². The van der Waals surface area contributed by atoms with Crippen molar-refractivity contribution < 1.29 is 19.1 Å². The summed E-state index contributed by atoms with van der Waals surface area (Å²) in [6.07, 6.45) is 1.12. The van der Waals surface area contributed by atoms with E-state index in [1.165, 1.54) is 0 Å². The number of carbonyl (C=O) groups excluding carboxylic acids is 2. The van der Waals surface area contributed by atoms with Gasteiger partial charge in [0.15, 0.2) is 0 Å². The van der Waals surface area contributed by atoms with E-state index in [-0.39, 0.29) is 17.7 Å². The van der Waals surface area contributed by atoms with Gasteiger partial charge in [0.2, 0.25) is 5.91 Å². The Bertz CT molecular complexity index is 1200. The minimum absolute atomic E-state index is 0.106. The van der Waals surface area contributed by atoms with Crippen LogP contribution in [0, 0.1) is 26.7 Å². The van der Waals surface area contributed by atoms with Crippen LogP contribution in [0.15, 0.2) is 30.3 Å². The molecule has 35 heavy (non-hydrogen) atoms. The van der Waals surface area contributed by atoms with Crippen LogP contribution in [0.1, 0.15) is 40.3 Å². The first-order valence-corrected chi connectivity index (χ1v) is 11.5. The summed E-state index contributed by atoms with van der Waals surface area (Å²) in [6.45, 7) is 6.60. The van der Waals surface area contributed by atoms with Gasteiger partial charge < -0.3 is 19.7 Å². The number of carbonyl (C=O) groups is 2. The summed E-state index contributed by atoms with van der Waals surface area (Å²) < 4.78 is 12.1. The van der Waals surface area contributed by atoms with Crippen LogP contribution in [0.2, 0.25) is 0 Å². The van der Waals surface area contributed by atoms with Gasteiger partial charge in [-0.3, -0.25) is 9.59 Å². The van der Waals surface area contributed by atoms with E-state index in [1.807, 2.05) is 26.8 Å². The highest BCUT2D eigenvalue weighted by Gasteiger charge is 2.29. The van der Waals surface area contributed by atoms with Crippen molar-refractivity contribution in [3.05, 3.63) is 53.0 Å². The molecule has 0 atom stereocenters. The molecule has 0 radical (unpaired) electrons. The van der Waals surface area contributed by atoms with Crippen molar-refractivity contribution in [2.45, 2.75) is 33.6 Å². The molecule has 0 aliphatic carbocycles. The Morgan fingerprint density at radius 3 is 2.06 bits per heavy atom. The largest absolute Gasteiger partial charge is 0.497 e. The van der Waals surface area contributed by atoms with E-state index >= 15 is 0 Å². The molecule has 1 saturated heterocycles. The third kappa shape index (κ3) is 5.42. The van der Waals surface area contributed by atoms with Gasteiger partial charge in [0.1, 0.15) is 17.3 Å². The molecule has 1 aromatic carbocycles. The van der Waals surface area contributed by atoms with Gasteiger partial charge in [-0.2, -0.15) is 9.78 Å². The van der Waals surface area contributed by atoms with E-state index in [9.17, 15) is 9.59 Å². The van der Waals surface area contributed by atoms with Crippen LogP contribution in [0.5, 0.6) is 11.5 Å². The van der Waals surface area contributed by atoms with Gasteiger partial charge in [-0.1, -0.05) is 0 Å². The molecule has 1 aliphatic rings. The molecule has 3 heterocycles. The fourth-order valence-corrected chi connectivity index (χ4v) is 4.23. The zero-order valence-electron chi connectivity index (χ0n) is 20.7. The lowest BCUT2D eigenvalue weighted by Gasteiger charge is -2.31. The lowest BCUT2D eigenvalue weighted by molar-refractivity contribution is -0.121. The molecule has 184 valence electrons. The lowest BCUT2D eigenvalue weighted by Crippen LogP contribution is -2.41. The number of anilines is 1. The van der Waals surface area contributed by atoms with Crippen LogP contribution in [0.4, 0.5) is 5.82 Å². The maximum absolute atomic E-state index is 13.1. The Labute approximate surface area is 204 Å². The van der Waals surface area contributed by atoms with E-state index in [0.29, 0.717) is 54.8 Å². The van der Waals surface area contributed by atoms with Crippen molar-refractivity contribution in [2.24, 2.45) is 5.92 Å². The number of likely N-dealkylation sites (tertiary alicyclic amines) is 1. The Morgan fingerprint density at radius 2 is 1.49 bits per heavy atom. The Kier molecular flexibility index (Phi) is 6.99. The number of rotatable bonds is 6. The molecule has 2 aromatic heterocycles. The number of nitrogens with zero attached hydrogens (tertiary/aromatic N) is 5. The summed E-state index contributed by atoms with van der Waals surface area (Å²) >= 11 is 0. The van der Waals surface area contributed by atoms with E-state index in [1.54, 1.807) is 48.1 Å². The Balaban J connectivity index is 1.42. The molecule has 1 aliphatic heterocycles. The summed E-state index contributed by atoms with van der Waals surface area (Å²) in [5, 5.41) is 7.45. The number of hydrogen-bond acceptors (Lipinski definition) is 7. The second kappa shape index (κ2) is 10.1. The summed E-state index contributed by atoms with van der Waals surface area (Å²) in [5.41, 5.74) is 2.89. The predicted molar refractivity (Wildman–Crippen MR) is 130 cm³/mol. The van der Waals surface area contributed by atoms with E-state index in [4.69, 9.17) is 9.47 Å². The van der Waals surface area contributed by atoms with Crippen molar-refractivity contribution in [3.8, 4) is 17.4 Å². The van der Waals surface area contributed by atoms with Crippen LogP contribution in [0.3, 0.4) is 0 Å². The summed E-state index contributed by atoms with van der Waals surface area (Å²) in [7, 11) is 3.10. The van der Waals surface area contributed by atoms with Crippen LogP contribution < -0.4 is 14.8 Å². The van der Waals surface area contributed by atoms with Crippen molar-refractivity contribution in [1.82, 2.24) is 24.6 Å². The number of amides is 2. The highest BCUT2D eigenvalue weighted by Crippen LogP contribution is 2.26. The number of hydrogen-bond donors (Lipinski definition) is 1. The van der Waals surface area contributed by atoms with Crippen LogP contribution >= 0.6 is 0 Å². The normalized spacial score (nSPS) is 14.0. The second-order valence-corrected chi connectivity index (χ2v) is 8.69. The van der Waals surface area contributed by atoms with E-state index in [2.05, 4.69) is 20.4 Å². The molecule has 1 N–H and O–H groups in total. The molecule has 0 spiro atoms. The standard InChI is InChI=1S/C25H30N6O4/c1-15-10-16(2)27-25(26-15)31-22(11-17(3)29-31)28-23(32)18-6-8-30(9-7-18)24(33)19-12-20(34-4)14-21(13-19)35-5/h10-14,18H,6-9H2,1-5H3,(H,28,32). The van der Waals surface area contributed by atoms with E-state index < -0.39 is 0 Å². The van der Waals surface area contributed by atoms with Crippen LogP contribution in [-0.4, -0.2) is 63.8 Å². The molecule has 0 saturated carbocycles. The second-order valence-electron chi connectivity index (χ2n) is 8.69. The number of aryl methyl sites for hydroxylation is 3. The molecule has 2 amide bonds. The fourth-order valence-electron chi connectivity index (χ4n) is 4.23. The monoisotopic (exact) mass is 478 g/mol. The van der Waals surface area contributed by atoms with Gasteiger partial charge in [-0.05, 0) is 51.8 Å². The average molecular weight is 479 g/mol. The van der Waals surface area contributed by atoms with Crippen molar-refractivity contribution in [1.29, 1.82) is 0 Å². The minimum Gasteiger partial charge on any atom is -0.497 e. The minimum atomic E-state index is -0.220. The molecule has 4 rings (SSSR count). The van der Waals surface area contributed by atoms with Crippen molar-refractivity contribution >= 4 is 17.6 Å². The first-order chi connectivity index (χ1) is 16.8. The third-order valence-corrected chi connectivity index (χ3v) is 5.99. The van der Waals surface area contributed by atoms with Gasteiger partial charge in [-0.15, -0.1) is 0 Å². The highest BCUT2D eigenvalue weighted by molar-refractivity contribution is 5.96. The third-order valence-electron chi connectivity index (χ3n) is 5.99. The Morgan fingerprint density at radius 1 is 0.886 bits per heavy atom.